The molecule has 0 saturated carbocycles. The Hall–Kier alpha value is -2.76. The summed E-state index contributed by atoms with van der Waals surface area (Å²) in [6.07, 6.45) is 0. The molecule has 0 unspecified atom stereocenters. The summed E-state index contributed by atoms with van der Waals surface area (Å²) in [7, 11) is 0. The van der Waals surface area contributed by atoms with Gasteiger partial charge in [0.2, 0.25) is 0 Å². The summed E-state index contributed by atoms with van der Waals surface area (Å²) in [4.78, 5) is 11.6. The maximum atomic E-state index is 4.75. The van der Waals surface area contributed by atoms with Crippen LogP contribution in [0.5, 0.6) is 0 Å². The standard InChI is InChI=1S/C19H22N6/c1-13(2)18-20-14(3)11-16(21-18)24-9-10-25-17(12-24)22-23-19(25)15-7-5-4-6-8-15/h4-8,11,13H,9-10,12H2,1-3H3. The van der Waals surface area contributed by atoms with Crippen molar-refractivity contribution in [3.63, 3.8) is 0 Å². The van der Waals surface area contributed by atoms with Crippen molar-refractivity contribution in [3.8, 4) is 11.4 Å². The molecule has 0 N–H and O–H groups in total. The molecule has 2 aromatic heterocycles. The summed E-state index contributed by atoms with van der Waals surface area (Å²) in [5, 5.41) is 8.83. The number of hydrogen-bond acceptors (Lipinski definition) is 5. The maximum absolute atomic E-state index is 4.75. The third-order valence-electron chi connectivity index (χ3n) is 4.48. The van der Waals surface area contributed by atoms with Gasteiger partial charge in [-0.1, -0.05) is 44.2 Å². The predicted octanol–water partition coefficient (Wildman–Crippen LogP) is 3.19. The molecule has 6 heteroatoms. The van der Waals surface area contributed by atoms with Crippen molar-refractivity contribution in [3.05, 3.63) is 53.7 Å². The van der Waals surface area contributed by atoms with Crippen LogP contribution >= 0.6 is 0 Å². The van der Waals surface area contributed by atoms with Crippen LogP contribution in [0.15, 0.2) is 36.4 Å². The molecule has 0 spiro atoms. The van der Waals surface area contributed by atoms with Crippen LogP contribution in [0.1, 0.15) is 37.1 Å². The van der Waals surface area contributed by atoms with E-state index in [9.17, 15) is 0 Å². The first-order chi connectivity index (χ1) is 12.1. The normalized spacial score (nSPS) is 14.0. The molecule has 25 heavy (non-hydrogen) atoms. The fraction of sp³-hybridized carbons (Fsp3) is 0.368. The van der Waals surface area contributed by atoms with Gasteiger partial charge in [0.05, 0.1) is 6.54 Å². The Bertz CT molecular complexity index is 884. The first kappa shape index (κ1) is 15.7. The van der Waals surface area contributed by atoms with Crippen LogP contribution < -0.4 is 4.90 Å². The van der Waals surface area contributed by atoms with Crippen LogP contribution in [0.2, 0.25) is 0 Å². The molecule has 0 radical (unpaired) electrons. The van der Waals surface area contributed by atoms with E-state index in [0.717, 1.165) is 47.6 Å². The van der Waals surface area contributed by atoms with E-state index in [2.05, 4.69) is 56.7 Å². The summed E-state index contributed by atoms with van der Waals surface area (Å²) < 4.78 is 2.21. The molecule has 1 aliphatic rings. The second-order valence-corrected chi connectivity index (χ2v) is 6.76. The van der Waals surface area contributed by atoms with Gasteiger partial charge in [-0.05, 0) is 6.92 Å². The number of nitrogens with zero attached hydrogens (tertiary/aromatic N) is 6. The van der Waals surface area contributed by atoms with E-state index < -0.39 is 0 Å². The Balaban J connectivity index is 1.64. The molecule has 6 nitrogen and oxygen atoms in total. The van der Waals surface area contributed by atoms with E-state index in [4.69, 9.17) is 4.98 Å². The Morgan fingerprint density at radius 2 is 1.80 bits per heavy atom. The van der Waals surface area contributed by atoms with Crippen LogP contribution in [-0.4, -0.2) is 31.3 Å². The molecule has 3 aromatic rings. The smallest absolute Gasteiger partial charge is 0.164 e. The van der Waals surface area contributed by atoms with E-state index >= 15 is 0 Å². The summed E-state index contributed by atoms with van der Waals surface area (Å²) >= 11 is 0. The zero-order valence-corrected chi connectivity index (χ0v) is 14.8. The molecule has 0 fully saturated rings. The second-order valence-electron chi connectivity index (χ2n) is 6.76. The molecule has 0 bridgehead atoms. The van der Waals surface area contributed by atoms with Crippen LogP contribution in [0.25, 0.3) is 11.4 Å². The van der Waals surface area contributed by atoms with E-state index in [1.165, 1.54) is 0 Å². The van der Waals surface area contributed by atoms with E-state index in [0.29, 0.717) is 12.5 Å². The average Bonchev–Trinajstić information content (AvgIpc) is 3.05. The number of aryl methyl sites for hydroxylation is 1. The van der Waals surface area contributed by atoms with E-state index in [-0.39, 0.29) is 0 Å². The molecule has 1 aliphatic heterocycles. The Labute approximate surface area is 147 Å². The topological polar surface area (TPSA) is 59.7 Å². The molecular formula is C19H22N6. The van der Waals surface area contributed by atoms with Gasteiger partial charge in [0.25, 0.3) is 0 Å². The van der Waals surface area contributed by atoms with Crippen molar-refractivity contribution < 1.29 is 0 Å². The summed E-state index contributed by atoms with van der Waals surface area (Å²) in [5.41, 5.74) is 2.11. The zero-order chi connectivity index (χ0) is 17.4. The fourth-order valence-electron chi connectivity index (χ4n) is 3.15. The van der Waals surface area contributed by atoms with Gasteiger partial charge in [-0.15, -0.1) is 10.2 Å². The number of benzene rings is 1. The summed E-state index contributed by atoms with van der Waals surface area (Å²) in [5.74, 6) is 4.11. The van der Waals surface area contributed by atoms with Gasteiger partial charge in [0.1, 0.15) is 11.6 Å². The monoisotopic (exact) mass is 334 g/mol. The number of anilines is 1. The molecule has 128 valence electrons. The molecule has 0 amide bonds. The highest BCUT2D eigenvalue weighted by Crippen LogP contribution is 2.25. The van der Waals surface area contributed by atoms with Crippen LogP contribution in [0, 0.1) is 6.92 Å². The quantitative estimate of drug-likeness (QED) is 0.736. The SMILES string of the molecule is Cc1cc(N2CCn3c(nnc3-c3ccccc3)C2)nc(C(C)C)n1. The van der Waals surface area contributed by atoms with Gasteiger partial charge in [0, 0.05) is 36.3 Å². The first-order valence-corrected chi connectivity index (χ1v) is 8.70. The minimum Gasteiger partial charge on any atom is -0.347 e. The molecule has 1 aromatic carbocycles. The lowest BCUT2D eigenvalue weighted by atomic mass is 10.2. The number of aromatic nitrogens is 5. The van der Waals surface area contributed by atoms with Crippen molar-refractivity contribution >= 4 is 5.82 Å². The predicted molar refractivity (Wildman–Crippen MR) is 97.4 cm³/mol. The fourth-order valence-corrected chi connectivity index (χ4v) is 3.15. The van der Waals surface area contributed by atoms with Gasteiger partial charge < -0.3 is 9.47 Å². The average molecular weight is 334 g/mol. The lowest BCUT2D eigenvalue weighted by molar-refractivity contribution is 0.557. The van der Waals surface area contributed by atoms with Crippen molar-refractivity contribution in [2.75, 3.05) is 11.4 Å². The summed E-state index contributed by atoms with van der Waals surface area (Å²) in [6.45, 7) is 8.73. The Morgan fingerprint density at radius 3 is 2.56 bits per heavy atom. The Kier molecular flexibility index (Phi) is 3.95. The van der Waals surface area contributed by atoms with Gasteiger partial charge in [-0.25, -0.2) is 9.97 Å². The Morgan fingerprint density at radius 1 is 1.00 bits per heavy atom. The molecule has 3 heterocycles. The van der Waals surface area contributed by atoms with Crippen molar-refractivity contribution in [1.29, 1.82) is 0 Å². The van der Waals surface area contributed by atoms with Gasteiger partial charge in [-0.2, -0.15) is 0 Å². The summed E-state index contributed by atoms with van der Waals surface area (Å²) in [6, 6.07) is 12.3. The molecule has 0 saturated heterocycles. The van der Waals surface area contributed by atoms with Crippen LogP contribution in [0.4, 0.5) is 5.82 Å². The zero-order valence-electron chi connectivity index (χ0n) is 14.8. The van der Waals surface area contributed by atoms with Gasteiger partial charge in [0.15, 0.2) is 11.6 Å². The number of hydrogen-bond donors (Lipinski definition) is 0. The second kappa shape index (κ2) is 6.27. The van der Waals surface area contributed by atoms with Crippen LogP contribution in [-0.2, 0) is 13.1 Å². The van der Waals surface area contributed by atoms with E-state index in [1.807, 2.05) is 25.1 Å². The number of fused-ring (bicyclic) bond motifs is 1. The molecule has 0 aliphatic carbocycles. The number of rotatable bonds is 3. The largest absolute Gasteiger partial charge is 0.347 e. The van der Waals surface area contributed by atoms with Crippen LogP contribution in [0.3, 0.4) is 0 Å². The third-order valence-corrected chi connectivity index (χ3v) is 4.48. The first-order valence-electron chi connectivity index (χ1n) is 8.70. The highest BCUT2D eigenvalue weighted by atomic mass is 15.3. The lowest BCUT2D eigenvalue weighted by Crippen LogP contribution is -2.35. The van der Waals surface area contributed by atoms with Crippen molar-refractivity contribution in [1.82, 2.24) is 24.7 Å². The molecular weight excluding hydrogens is 312 g/mol. The minimum atomic E-state index is 0.316. The van der Waals surface area contributed by atoms with E-state index in [1.54, 1.807) is 0 Å². The highest BCUT2D eigenvalue weighted by molar-refractivity contribution is 5.55. The third kappa shape index (κ3) is 2.99. The highest BCUT2D eigenvalue weighted by Gasteiger charge is 2.23. The lowest BCUT2D eigenvalue weighted by Gasteiger charge is -2.29. The molecule has 4 rings (SSSR count). The van der Waals surface area contributed by atoms with Crippen molar-refractivity contribution in [2.45, 2.75) is 39.8 Å². The van der Waals surface area contributed by atoms with Crippen molar-refractivity contribution in [2.24, 2.45) is 0 Å². The minimum absolute atomic E-state index is 0.316. The van der Waals surface area contributed by atoms with Gasteiger partial charge >= 0.3 is 0 Å². The molecule has 0 atom stereocenters. The van der Waals surface area contributed by atoms with Gasteiger partial charge in [-0.3, -0.25) is 0 Å². The maximum Gasteiger partial charge on any atom is 0.164 e.